The summed E-state index contributed by atoms with van der Waals surface area (Å²) in [5, 5.41) is 0.969. The second kappa shape index (κ2) is 11.6. The number of hydrogen-bond acceptors (Lipinski definition) is 8. The van der Waals surface area contributed by atoms with E-state index >= 15 is 0 Å². The van der Waals surface area contributed by atoms with Crippen molar-refractivity contribution in [2.75, 3.05) is 21.3 Å². The SMILES string of the molecule is CCC(=O)C1=C(C)N=c2s/c(=C\c3ccc(-c4ccc(Cl)cc4Cl)o3)c(=O)n2C1c1cc(OC)c(OC)c(OC)c1. The second-order valence-electron chi connectivity index (χ2n) is 9.14. The average molecular weight is 614 g/mol. The Kier molecular flexibility index (Phi) is 8.13. The number of methoxy groups -OCH3 is 3. The van der Waals surface area contributed by atoms with E-state index in [9.17, 15) is 9.59 Å². The van der Waals surface area contributed by atoms with Gasteiger partial charge in [-0.3, -0.25) is 14.2 Å². The lowest BCUT2D eigenvalue weighted by Crippen LogP contribution is -2.39. The Hall–Kier alpha value is -3.79. The quantitative estimate of drug-likeness (QED) is 0.249. The van der Waals surface area contributed by atoms with E-state index in [0.29, 0.717) is 70.5 Å². The Morgan fingerprint density at radius 1 is 1.07 bits per heavy atom. The van der Waals surface area contributed by atoms with Crippen LogP contribution in [0.5, 0.6) is 17.2 Å². The third kappa shape index (κ3) is 5.21. The van der Waals surface area contributed by atoms with Crippen LogP contribution in [0.15, 0.2) is 67.9 Å². The predicted molar refractivity (Wildman–Crippen MR) is 159 cm³/mol. The van der Waals surface area contributed by atoms with Crippen LogP contribution >= 0.6 is 34.5 Å². The summed E-state index contributed by atoms with van der Waals surface area (Å²) in [5.74, 6) is 2.10. The maximum Gasteiger partial charge on any atom is 0.271 e. The molecule has 1 aliphatic heterocycles. The molecule has 0 bridgehead atoms. The highest BCUT2D eigenvalue weighted by molar-refractivity contribution is 7.07. The van der Waals surface area contributed by atoms with Gasteiger partial charge in [0.25, 0.3) is 5.56 Å². The van der Waals surface area contributed by atoms with E-state index in [1.165, 1.54) is 37.2 Å². The molecule has 3 heterocycles. The number of halogens is 2. The number of hydrogen-bond donors (Lipinski definition) is 0. The fraction of sp³-hybridized carbons (Fsp3) is 0.233. The summed E-state index contributed by atoms with van der Waals surface area (Å²) in [6, 6.07) is 11.4. The standard InChI is InChI=1S/C30H26Cl2N2O6S/c1-6-21(35)26-15(2)33-30-34(27(26)16-11-23(37-3)28(39-5)24(12-16)38-4)29(36)25(41-30)14-18-8-10-22(40-18)19-9-7-17(31)13-20(19)32/h7-14,27H,6H2,1-5H3/b25-14-. The summed E-state index contributed by atoms with van der Waals surface area (Å²) >= 11 is 13.6. The molecule has 11 heteroatoms. The van der Waals surface area contributed by atoms with Crippen molar-refractivity contribution < 1.29 is 23.4 Å². The van der Waals surface area contributed by atoms with E-state index in [1.54, 1.807) is 62.4 Å². The van der Waals surface area contributed by atoms with Gasteiger partial charge in [-0.1, -0.05) is 41.5 Å². The number of thiazole rings is 1. The number of furan rings is 1. The summed E-state index contributed by atoms with van der Waals surface area (Å²) in [4.78, 5) is 32.3. The first-order chi connectivity index (χ1) is 19.7. The molecule has 5 rings (SSSR count). The van der Waals surface area contributed by atoms with Gasteiger partial charge < -0.3 is 18.6 Å². The molecule has 0 fully saturated rings. The maximum atomic E-state index is 13.9. The zero-order valence-electron chi connectivity index (χ0n) is 22.9. The minimum atomic E-state index is -0.755. The molecular weight excluding hydrogens is 587 g/mol. The minimum Gasteiger partial charge on any atom is -0.493 e. The number of rotatable bonds is 8. The summed E-state index contributed by atoms with van der Waals surface area (Å²) in [6.07, 6.45) is 1.91. The third-order valence-electron chi connectivity index (χ3n) is 6.74. The lowest BCUT2D eigenvalue weighted by molar-refractivity contribution is -0.115. The molecule has 1 aliphatic rings. The van der Waals surface area contributed by atoms with Crippen LogP contribution in [-0.4, -0.2) is 31.7 Å². The molecule has 0 radical (unpaired) electrons. The molecule has 212 valence electrons. The van der Waals surface area contributed by atoms with Crippen molar-refractivity contribution in [3.05, 3.63) is 94.8 Å². The molecule has 0 saturated carbocycles. The molecule has 4 aromatic rings. The lowest BCUT2D eigenvalue weighted by atomic mass is 9.91. The van der Waals surface area contributed by atoms with Crippen LogP contribution in [0.2, 0.25) is 10.0 Å². The second-order valence-corrected chi connectivity index (χ2v) is 11.0. The fourth-order valence-corrected chi connectivity index (χ4v) is 6.36. The Labute approximate surface area is 249 Å². The highest BCUT2D eigenvalue weighted by Crippen LogP contribution is 2.42. The van der Waals surface area contributed by atoms with E-state index in [0.717, 1.165) is 0 Å². The number of aromatic nitrogens is 1. The maximum absolute atomic E-state index is 13.9. The minimum absolute atomic E-state index is 0.116. The summed E-state index contributed by atoms with van der Waals surface area (Å²) in [7, 11) is 4.54. The molecular formula is C30H26Cl2N2O6S. The molecule has 1 atom stereocenters. The Morgan fingerprint density at radius 3 is 2.39 bits per heavy atom. The van der Waals surface area contributed by atoms with Crippen LogP contribution in [0.3, 0.4) is 0 Å². The van der Waals surface area contributed by atoms with Crippen LogP contribution < -0.4 is 29.1 Å². The molecule has 2 aromatic carbocycles. The van der Waals surface area contributed by atoms with Gasteiger partial charge in [0.2, 0.25) is 5.75 Å². The molecule has 0 N–H and O–H groups in total. The monoisotopic (exact) mass is 612 g/mol. The van der Waals surface area contributed by atoms with Gasteiger partial charge in [0.1, 0.15) is 11.5 Å². The van der Waals surface area contributed by atoms with Crippen molar-refractivity contribution in [2.24, 2.45) is 4.99 Å². The number of carbonyl (C=O) groups is 1. The van der Waals surface area contributed by atoms with E-state index < -0.39 is 6.04 Å². The smallest absolute Gasteiger partial charge is 0.271 e. The first-order valence-corrected chi connectivity index (χ1v) is 14.2. The van der Waals surface area contributed by atoms with Crippen LogP contribution in [0, 0.1) is 0 Å². The van der Waals surface area contributed by atoms with Crippen molar-refractivity contribution in [3.63, 3.8) is 0 Å². The van der Waals surface area contributed by atoms with Crippen molar-refractivity contribution in [3.8, 4) is 28.6 Å². The van der Waals surface area contributed by atoms with Gasteiger partial charge in [-0.15, -0.1) is 0 Å². The largest absolute Gasteiger partial charge is 0.493 e. The molecule has 41 heavy (non-hydrogen) atoms. The molecule has 8 nitrogen and oxygen atoms in total. The van der Waals surface area contributed by atoms with E-state index in [2.05, 4.69) is 4.99 Å². The molecule has 2 aromatic heterocycles. The molecule has 1 unspecified atom stereocenters. The van der Waals surface area contributed by atoms with Gasteiger partial charge in [0.15, 0.2) is 22.1 Å². The van der Waals surface area contributed by atoms with Crippen molar-refractivity contribution in [1.82, 2.24) is 4.57 Å². The van der Waals surface area contributed by atoms with E-state index in [4.69, 9.17) is 41.8 Å². The van der Waals surface area contributed by atoms with Crippen LogP contribution in [-0.2, 0) is 4.79 Å². The zero-order chi connectivity index (χ0) is 29.4. The fourth-order valence-electron chi connectivity index (χ4n) is 4.84. The third-order valence-corrected chi connectivity index (χ3v) is 8.27. The summed E-state index contributed by atoms with van der Waals surface area (Å²) < 4.78 is 24.6. The number of fused-ring (bicyclic) bond motifs is 1. The van der Waals surface area contributed by atoms with Gasteiger partial charge >= 0.3 is 0 Å². The first-order valence-electron chi connectivity index (χ1n) is 12.6. The lowest BCUT2D eigenvalue weighted by Gasteiger charge is -2.26. The first kappa shape index (κ1) is 28.7. The van der Waals surface area contributed by atoms with Crippen LogP contribution in [0.25, 0.3) is 17.4 Å². The molecule has 0 saturated heterocycles. The number of nitrogens with zero attached hydrogens (tertiary/aromatic N) is 2. The number of ether oxygens (including phenoxy) is 3. The molecule has 0 amide bonds. The van der Waals surface area contributed by atoms with E-state index in [-0.39, 0.29) is 17.8 Å². The molecule has 0 aliphatic carbocycles. The number of Topliss-reactive ketones (excluding diaryl/α,β-unsaturated/α-hetero) is 1. The number of benzene rings is 2. The van der Waals surface area contributed by atoms with Crippen molar-refractivity contribution in [2.45, 2.75) is 26.3 Å². The number of ketones is 1. The zero-order valence-corrected chi connectivity index (χ0v) is 25.2. The summed E-state index contributed by atoms with van der Waals surface area (Å²) in [5.41, 5.74) is 1.96. The van der Waals surface area contributed by atoms with Gasteiger partial charge in [0.05, 0.1) is 36.9 Å². The van der Waals surface area contributed by atoms with Gasteiger partial charge in [-0.05, 0) is 55.0 Å². The van der Waals surface area contributed by atoms with E-state index in [1.807, 2.05) is 0 Å². The normalized spacial score (nSPS) is 15.0. The predicted octanol–water partition coefficient (Wildman–Crippen LogP) is 5.81. The van der Waals surface area contributed by atoms with Crippen molar-refractivity contribution in [1.29, 1.82) is 0 Å². The van der Waals surface area contributed by atoms with Crippen molar-refractivity contribution >= 4 is 46.4 Å². The van der Waals surface area contributed by atoms with Crippen LogP contribution in [0.1, 0.15) is 37.6 Å². The Balaban J connectivity index is 1.69. The summed E-state index contributed by atoms with van der Waals surface area (Å²) in [6.45, 7) is 3.56. The number of allylic oxidation sites excluding steroid dienone is 2. The number of carbonyl (C=O) groups excluding carboxylic acids is 1. The highest BCUT2D eigenvalue weighted by atomic mass is 35.5. The molecule has 0 spiro atoms. The van der Waals surface area contributed by atoms with Gasteiger partial charge in [-0.2, -0.15) is 0 Å². The highest BCUT2D eigenvalue weighted by Gasteiger charge is 2.33. The topological polar surface area (TPSA) is 92.3 Å². The van der Waals surface area contributed by atoms with Gasteiger partial charge in [0, 0.05) is 34.4 Å². The Morgan fingerprint density at radius 2 is 1.78 bits per heavy atom. The average Bonchev–Trinajstić information content (AvgIpc) is 3.54. The van der Waals surface area contributed by atoms with Gasteiger partial charge in [-0.25, -0.2) is 4.99 Å². The Bertz CT molecular complexity index is 1860. The van der Waals surface area contributed by atoms with Crippen LogP contribution in [0.4, 0.5) is 0 Å².